The number of hydrogen-bond donors (Lipinski definition) is 3. The predicted molar refractivity (Wildman–Crippen MR) is 76.5 cm³/mol. The van der Waals surface area contributed by atoms with E-state index in [2.05, 4.69) is 10.5 Å². The molecule has 22 heavy (non-hydrogen) atoms. The standard InChI is InChI=1S/C9H7ClN6O4S2/c10-6-1-7(16-15-5(3-11)4-12)9(22(14,19)20)2-8(6)21(13,17)18/h1-2,16H,(H2,13,17,18)(H2,14,19,20). The molecule has 13 heteroatoms. The molecule has 1 aromatic carbocycles. The number of nitrogens with one attached hydrogen (secondary N) is 1. The summed E-state index contributed by atoms with van der Waals surface area (Å²) in [6, 6.07) is 4.38. The normalized spacial score (nSPS) is 11.1. The van der Waals surface area contributed by atoms with Gasteiger partial charge in [-0.1, -0.05) is 11.6 Å². The van der Waals surface area contributed by atoms with E-state index in [1.165, 1.54) is 12.1 Å². The number of anilines is 1. The van der Waals surface area contributed by atoms with Crippen molar-refractivity contribution >= 4 is 43.0 Å². The molecular weight excluding hydrogens is 356 g/mol. The van der Waals surface area contributed by atoms with Gasteiger partial charge in [-0.2, -0.15) is 15.6 Å². The summed E-state index contributed by atoms with van der Waals surface area (Å²) < 4.78 is 45.7. The molecule has 0 amide bonds. The topological polar surface area (TPSA) is 192 Å². The summed E-state index contributed by atoms with van der Waals surface area (Å²) in [5.74, 6) is 0. The van der Waals surface area contributed by atoms with Gasteiger partial charge < -0.3 is 0 Å². The fraction of sp³-hybridized carbons (Fsp3) is 0. The first kappa shape index (κ1) is 17.8. The third kappa shape index (κ3) is 4.14. The summed E-state index contributed by atoms with van der Waals surface area (Å²) in [7, 11) is -8.66. The van der Waals surface area contributed by atoms with Crippen molar-refractivity contribution < 1.29 is 16.8 Å². The fourth-order valence-electron chi connectivity index (χ4n) is 1.27. The molecule has 0 aliphatic carbocycles. The van der Waals surface area contributed by atoms with Crippen LogP contribution in [0.1, 0.15) is 0 Å². The number of sulfonamides is 2. The molecule has 0 bridgehead atoms. The van der Waals surface area contributed by atoms with Gasteiger partial charge in [0, 0.05) is 0 Å². The number of nitriles is 2. The second-order valence-corrected chi connectivity index (χ2v) is 7.13. The van der Waals surface area contributed by atoms with Crippen molar-refractivity contribution in [3.63, 3.8) is 0 Å². The quantitative estimate of drug-likeness (QED) is 0.472. The van der Waals surface area contributed by atoms with Crippen LogP contribution in [0.25, 0.3) is 0 Å². The van der Waals surface area contributed by atoms with E-state index >= 15 is 0 Å². The monoisotopic (exact) mass is 362 g/mol. The Bertz CT molecular complexity index is 924. The van der Waals surface area contributed by atoms with Crippen LogP contribution in [0.4, 0.5) is 5.69 Å². The Kier molecular flexibility index (Phi) is 5.08. The number of hydrogen-bond acceptors (Lipinski definition) is 8. The van der Waals surface area contributed by atoms with Gasteiger partial charge in [0.25, 0.3) is 0 Å². The van der Waals surface area contributed by atoms with E-state index in [-0.39, 0.29) is 5.69 Å². The summed E-state index contributed by atoms with van der Waals surface area (Å²) in [4.78, 5) is -1.34. The maximum Gasteiger partial charge on any atom is 0.240 e. The maximum atomic E-state index is 11.5. The minimum absolute atomic E-state index is 0.331. The molecule has 0 unspecified atom stereocenters. The molecule has 0 spiro atoms. The maximum absolute atomic E-state index is 11.5. The molecule has 5 N–H and O–H groups in total. The molecule has 1 aromatic rings. The highest BCUT2D eigenvalue weighted by atomic mass is 35.5. The lowest BCUT2D eigenvalue weighted by molar-refractivity contribution is 0.596. The highest BCUT2D eigenvalue weighted by Gasteiger charge is 2.22. The van der Waals surface area contributed by atoms with Crippen LogP contribution in [-0.4, -0.2) is 22.5 Å². The van der Waals surface area contributed by atoms with Gasteiger partial charge in [0.1, 0.15) is 21.9 Å². The Balaban J connectivity index is 3.61. The first-order chi connectivity index (χ1) is 10.0. The Hall–Kier alpha value is -2.22. The van der Waals surface area contributed by atoms with E-state index in [0.717, 1.165) is 6.07 Å². The van der Waals surface area contributed by atoms with Gasteiger partial charge in [-0.3, -0.25) is 5.43 Å². The molecule has 116 valence electrons. The Morgan fingerprint density at radius 2 is 1.59 bits per heavy atom. The van der Waals surface area contributed by atoms with Crippen molar-refractivity contribution in [1.82, 2.24) is 0 Å². The largest absolute Gasteiger partial charge is 0.275 e. The fourth-order valence-corrected chi connectivity index (χ4v) is 3.13. The number of benzene rings is 1. The highest BCUT2D eigenvalue weighted by molar-refractivity contribution is 7.90. The van der Waals surface area contributed by atoms with Crippen molar-refractivity contribution in [2.24, 2.45) is 15.4 Å². The number of nitrogens with two attached hydrogens (primary N) is 2. The lowest BCUT2D eigenvalue weighted by Gasteiger charge is -2.10. The third-order valence-electron chi connectivity index (χ3n) is 2.15. The molecule has 0 aromatic heterocycles. The van der Waals surface area contributed by atoms with Crippen molar-refractivity contribution in [3.05, 3.63) is 17.2 Å². The Labute approximate surface area is 130 Å². The molecule has 0 fully saturated rings. The van der Waals surface area contributed by atoms with Crippen LogP contribution in [0.5, 0.6) is 0 Å². The summed E-state index contributed by atoms with van der Waals surface area (Å²) in [6.07, 6.45) is 0. The Morgan fingerprint density at radius 3 is 2.00 bits per heavy atom. The van der Waals surface area contributed by atoms with Crippen molar-refractivity contribution in [2.45, 2.75) is 9.79 Å². The van der Waals surface area contributed by atoms with Gasteiger partial charge in [-0.25, -0.2) is 27.1 Å². The molecule has 0 atom stereocenters. The first-order valence-corrected chi connectivity index (χ1v) is 8.51. The van der Waals surface area contributed by atoms with E-state index in [1.807, 2.05) is 0 Å². The molecule has 0 radical (unpaired) electrons. The van der Waals surface area contributed by atoms with Crippen LogP contribution >= 0.6 is 11.6 Å². The van der Waals surface area contributed by atoms with E-state index in [4.69, 9.17) is 32.4 Å². The van der Waals surface area contributed by atoms with Gasteiger partial charge in [0.2, 0.25) is 25.8 Å². The summed E-state index contributed by atoms with van der Waals surface area (Å²) in [5.41, 5.74) is 1.17. The van der Waals surface area contributed by atoms with Gasteiger partial charge in [-0.05, 0) is 12.1 Å². The zero-order valence-corrected chi connectivity index (χ0v) is 12.9. The molecule has 0 saturated heterocycles. The number of nitrogens with zero attached hydrogens (tertiary/aromatic N) is 3. The lowest BCUT2D eigenvalue weighted by atomic mass is 10.3. The second-order valence-electron chi connectivity index (χ2n) is 3.66. The van der Waals surface area contributed by atoms with Crippen molar-refractivity contribution in [3.8, 4) is 12.1 Å². The smallest absolute Gasteiger partial charge is 0.240 e. The first-order valence-electron chi connectivity index (χ1n) is 5.03. The lowest BCUT2D eigenvalue weighted by Crippen LogP contribution is -2.18. The molecule has 0 aliphatic rings. The average Bonchev–Trinajstić information content (AvgIpc) is 2.36. The molecule has 0 saturated carbocycles. The number of primary sulfonamides is 2. The molecule has 10 nitrogen and oxygen atoms in total. The SMILES string of the molecule is N#CC(C#N)=NNc1cc(Cl)c(S(N)(=O)=O)cc1S(N)(=O)=O. The molecule has 1 rings (SSSR count). The molecule has 0 heterocycles. The molecular formula is C9H7ClN6O4S2. The average molecular weight is 363 g/mol. The van der Waals surface area contributed by atoms with Crippen LogP contribution in [0.3, 0.4) is 0 Å². The van der Waals surface area contributed by atoms with Crippen LogP contribution in [-0.2, 0) is 20.0 Å². The van der Waals surface area contributed by atoms with Crippen LogP contribution in [0.15, 0.2) is 27.0 Å². The zero-order valence-electron chi connectivity index (χ0n) is 10.5. The second kappa shape index (κ2) is 6.27. The van der Waals surface area contributed by atoms with Gasteiger partial charge in [0.15, 0.2) is 0 Å². The predicted octanol–water partition coefficient (Wildman–Crippen LogP) is -0.550. The minimum atomic E-state index is -4.37. The van der Waals surface area contributed by atoms with Crippen molar-refractivity contribution in [1.29, 1.82) is 10.5 Å². The van der Waals surface area contributed by atoms with Crippen LogP contribution < -0.4 is 15.7 Å². The number of halogens is 1. The van der Waals surface area contributed by atoms with Gasteiger partial charge >= 0.3 is 0 Å². The number of rotatable bonds is 4. The summed E-state index contributed by atoms with van der Waals surface area (Å²) in [6.45, 7) is 0. The van der Waals surface area contributed by atoms with E-state index < -0.39 is 40.6 Å². The van der Waals surface area contributed by atoms with E-state index in [1.54, 1.807) is 0 Å². The van der Waals surface area contributed by atoms with Crippen molar-refractivity contribution in [2.75, 3.05) is 5.43 Å². The van der Waals surface area contributed by atoms with Crippen LogP contribution in [0, 0.1) is 22.7 Å². The summed E-state index contributed by atoms with van der Waals surface area (Å²) >= 11 is 5.71. The number of hydrazone groups is 1. The Morgan fingerprint density at radius 1 is 1.09 bits per heavy atom. The van der Waals surface area contributed by atoms with Gasteiger partial charge in [0.05, 0.1) is 10.7 Å². The highest BCUT2D eigenvalue weighted by Crippen LogP contribution is 2.30. The summed E-state index contributed by atoms with van der Waals surface area (Å²) in [5, 5.41) is 29.9. The molecule has 0 aliphatic heterocycles. The zero-order chi connectivity index (χ0) is 17.1. The van der Waals surface area contributed by atoms with E-state index in [9.17, 15) is 16.8 Å². The third-order valence-corrected chi connectivity index (χ3v) is 4.47. The minimum Gasteiger partial charge on any atom is -0.275 e. The van der Waals surface area contributed by atoms with Crippen LogP contribution in [0.2, 0.25) is 5.02 Å². The van der Waals surface area contributed by atoms with E-state index in [0.29, 0.717) is 6.07 Å². The van der Waals surface area contributed by atoms with Gasteiger partial charge in [-0.15, -0.1) is 0 Å².